The van der Waals surface area contributed by atoms with Crippen molar-refractivity contribution in [2.24, 2.45) is 10.4 Å². The van der Waals surface area contributed by atoms with Gasteiger partial charge in [-0.1, -0.05) is 6.92 Å². The highest BCUT2D eigenvalue weighted by Gasteiger charge is 2.60. The summed E-state index contributed by atoms with van der Waals surface area (Å²) >= 11 is 0. The van der Waals surface area contributed by atoms with Crippen LogP contribution in [0.5, 0.6) is 5.88 Å². The van der Waals surface area contributed by atoms with Crippen LogP contribution in [0.3, 0.4) is 0 Å². The molecule has 2 aromatic rings. The Bertz CT molecular complexity index is 1470. The first-order valence-corrected chi connectivity index (χ1v) is 12.4. The molecule has 0 unspecified atom stereocenters. The lowest BCUT2D eigenvalue weighted by Gasteiger charge is -2.53. The summed E-state index contributed by atoms with van der Waals surface area (Å²) in [6, 6.07) is 3.64. The van der Waals surface area contributed by atoms with Crippen LogP contribution in [0, 0.1) is 5.41 Å². The molecular weight excluding hydrogens is 494 g/mol. The molecule has 4 amide bonds. The number of hydrogen-bond donors (Lipinski definition) is 4. The van der Waals surface area contributed by atoms with E-state index in [0.29, 0.717) is 30.8 Å². The van der Waals surface area contributed by atoms with E-state index >= 15 is 0 Å². The summed E-state index contributed by atoms with van der Waals surface area (Å²) in [5, 5.41) is 15.2. The van der Waals surface area contributed by atoms with Gasteiger partial charge in [0.15, 0.2) is 5.41 Å². The second kappa shape index (κ2) is 9.24. The number of hydrogen-bond acceptors (Lipinski definition) is 9. The van der Waals surface area contributed by atoms with Gasteiger partial charge in [0.2, 0.25) is 17.7 Å². The van der Waals surface area contributed by atoms with Gasteiger partial charge in [0.25, 0.3) is 5.56 Å². The summed E-state index contributed by atoms with van der Waals surface area (Å²) in [7, 11) is 1.92. The van der Waals surface area contributed by atoms with Gasteiger partial charge < -0.3 is 14.9 Å². The summed E-state index contributed by atoms with van der Waals surface area (Å²) < 4.78 is 1.11. The van der Waals surface area contributed by atoms with E-state index in [4.69, 9.17) is 0 Å². The van der Waals surface area contributed by atoms with Crippen LogP contribution in [0.2, 0.25) is 0 Å². The Labute approximate surface area is 217 Å². The van der Waals surface area contributed by atoms with Gasteiger partial charge in [-0.2, -0.15) is 0 Å². The zero-order chi connectivity index (χ0) is 27.4. The van der Waals surface area contributed by atoms with Gasteiger partial charge in [0.05, 0.1) is 11.7 Å². The second-order valence-electron chi connectivity index (χ2n) is 10.1. The molecule has 4 heterocycles. The van der Waals surface area contributed by atoms with Crippen LogP contribution < -0.4 is 26.8 Å². The number of H-pyrrole nitrogens is 1. The quantitative estimate of drug-likeness (QED) is 0.320. The number of aromatic hydroxyl groups is 1. The molecule has 5 rings (SSSR count). The fourth-order valence-corrected chi connectivity index (χ4v) is 5.55. The van der Waals surface area contributed by atoms with Crippen molar-refractivity contribution < 1.29 is 19.5 Å². The Morgan fingerprint density at radius 3 is 2.55 bits per heavy atom. The molecule has 0 saturated carbocycles. The normalized spacial score (nSPS) is 21.7. The maximum atomic E-state index is 13.2. The number of barbiturate groups is 1. The number of piperazine rings is 1. The number of imide groups is 2. The molecule has 13 nitrogen and oxygen atoms in total. The van der Waals surface area contributed by atoms with Gasteiger partial charge in [0, 0.05) is 37.6 Å². The highest BCUT2D eigenvalue weighted by atomic mass is 16.3. The van der Waals surface area contributed by atoms with Crippen molar-refractivity contribution in [3.63, 3.8) is 0 Å². The van der Waals surface area contributed by atoms with E-state index in [1.54, 1.807) is 19.1 Å². The molecular formula is C25H29N7O6. The number of aromatic amines is 1. The SMILES string of the molecule is CC[C@H](C)n1c(O)c(C=Nc2ccc3c(c2)CC2(C(=O)NC(=O)NC2=O)[C@H]2CN(C)CCN32)c(=O)[nH]c1=O. The second-order valence-corrected chi connectivity index (χ2v) is 10.1. The third kappa shape index (κ3) is 3.90. The molecule has 2 saturated heterocycles. The Morgan fingerprint density at radius 2 is 1.87 bits per heavy atom. The number of carbonyl (C=O) groups is 3. The molecule has 2 fully saturated rings. The Morgan fingerprint density at radius 1 is 1.16 bits per heavy atom. The van der Waals surface area contributed by atoms with Crippen molar-refractivity contribution in [3.8, 4) is 5.88 Å². The minimum absolute atomic E-state index is 0.0520. The van der Waals surface area contributed by atoms with Crippen molar-refractivity contribution in [2.45, 2.75) is 38.8 Å². The first kappa shape index (κ1) is 25.4. The van der Waals surface area contributed by atoms with Crippen LogP contribution in [0.4, 0.5) is 16.2 Å². The number of nitrogens with zero attached hydrogens (tertiary/aromatic N) is 4. The minimum atomic E-state index is -1.51. The molecule has 38 heavy (non-hydrogen) atoms. The molecule has 13 heteroatoms. The third-order valence-electron chi connectivity index (χ3n) is 7.79. The summed E-state index contributed by atoms with van der Waals surface area (Å²) in [6.07, 6.45) is 1.79. The van der Waals surface area contributed by atoms with E-state index in [2.05, 4.69) is 20.6 Å². The Kier molecular flexibility index (Phi) is 6.18. The van der Waals surface area contributed by atoms with E-state index in [9.17, 15) is 29.1 Å². The number of likely N-dealkylation sites (N-methyl/N-ethyl adjacent to an activating group) is 1. The number of urea groups is 1. The summed E-state index contributed by atoms with van der Waals surface area (Å²) in [6.45, 7) is 5.36. The third-order valence-corrected chi connectivity index (χ3v) is 7.79. The fraction of sp³-hybridized carbons (Fsp3) is 0.440. The molecule has 2 atom stereocenters. The molecule has 3 aliphatic rings. The predicted octanol–water partition coefficient (Wildman–Crippen LogP) is -0.00730. The molecule has 4 N–H and O–H groups in total. The standard InChI is InChI=1S/C25H29N7O6/c1-4-13(2)32-20(34)16(19(33)27-24(32)38)11-26-15-5-6-17-14(9-15)10-25(18-12-30(3)7-8-31(17)18)21(35)28-23(37)29-22(25)36/h5-6,9,11,13,18,34H,4,7-8,10,12H2,1-3H3,(H,27,33,38)(H2,28,29,35,36,37)/t13-,18+/m0/s1. The maximum Gasteiger partial charge on any atom is 0.331 e. The van der Waals surface area contributed by atoms with Gasteiger partial charge >= 0.3 is 11.7 Å². The topological polar surface area (TPSA) is 169 Å². The maximum absolute atomic E-state index is 13.2. The number of benzene rings is 1. The van der Waals surface area contributed by atoms with Crippen LogP contribution in [0.25, 0.3) is 0 Å². The van der Waals surface area contributed by atoms with E-state index in [1.165, 1.54) is 6.21 Å². The summed E-state index contributed by atoms with van der Waals surface area (Å²) in [4.78, 5) is 73.5. The lowest BCUT2D eigenvalue weighted by molar-refractivity contribution is -0.147. The number of nitrogens with one attached hydrogen (secondary N) is 3. The van der Waals surface area contributed by atoms with Crippen LogP contribution in [-0.4, -0.2) is 76.3 Å². The van der Waals surface area contributed by atoms with Crippen LogP contribution in [0.15, 0.2) is 32.8 Å². The van der Waals surface area contributed by atoms with Gasteiger partial charge in [0.1, 0.15) is 5.56 Å². The van der Waals surface area contributed by atoms with Crippen LogP contribution in [-0.2, 0) is 16.0 Å². The van der Waals surface area contributed by atoms with Gasteiger partial charge in [-0.15, -0.1) is 0 Å². The molecule has 0 aliphatic carbocycles. The van der Waals surface area contributed by atoms with Gasteiger partial charge in [-0.05, 0) is 50.6 Å². The predicted molar refractivity (Wildman–Crippen MR) is 138 cm³/mol. The highest BCUT2D eigenvalue weighted by Crippen LogP contribution is 2.45. The van der Waals surface area contributed by atoms with Crippen molar-refractivity contribution in [1.82, 2.24) is 25.1 Å². The average Bonchev–Trinajstić information content (AvgIpc) is 2.86. The van der Waals surface area contributed by atoms with E-state index < -0.39 is 46.4 Å². The Hall–Kier alpha value is -4.26. The number of aromatic nitrogens is 2. The number of aliphatic imine (C=N–C) groups is 1. The molecule has 1 aromatic heterocycles. The van der Waals surface area contributed by atoms with Crippen LogP contribution in [0.1, 0.15) is 37.4 Å². The fourth-order valence-electron chi connectivity index (χ4n) is 5.55. The van der Waals surface area contributed by atoms with Crippen molar-refractivity contribution in [2.75, 3.05) is 31.6 Å². The minimum Gasteiger partial charge on any atom is -0.494 e. The van der Waals surface area contributed by atoms with Crippen molar-refractivity contribution in [3.05, 3.63) is 50.2 Å². The number of anilines is 1. The van der Waals surface area contributed by atoms with E-state index in [0.717, 1.165) is 16.8 Å². The number of amides is 4. The zero-order valence-electron chi connectivity index (χ0n) is 21.3. The van der Waals surface area contributed by atoms with Crippen LogP contribution >= 0.6 is 0 Å². The van der Waals surface area contributed by atoms with E-state index in [-0.39, 0.29) is 18.0 Å². The first-order chi connectivity index (χ1) is 18.1. The molecule has 3 aliphatic heterocycles. The van der Waals surface area contributed by atoms with Gasteiger partial charge in [-0.25, -0.2) is 9.59 Å². The molecule has 0 radical (unpaired) electrons. The largest absolute Gasteiger partial charge is 0.494 e. The number of carbonyl (C=O) groups excluding carboxylic acids is 3. The zero-order valence-corrected chi connectivity index (χ0v) is 21.3. The number of fused-ring (bicyclic) bond motifs is 4. The first-order valence-electron chi connectivity index (χ1n) is 12.4. The highest BCUT2D eigenvalue weighted by molar-refractivity contribution is 6.20. The van der Waals surface area contributed by atoms with E-state index in [1.807, 2.05) is 29.8 Å². The Balaban J connectivity index is 1.56. The van der Waals surface area contributed by atoms with Crippen molar-refractivity contribution in [1.29, 1.82) is 0 Å². The molecule has 0 bridgehead atoms. The number of rotatable bonds is 4. The lowest BCUT2D eigenvalue weighted by atomic mass is 9.68. The molecule has 1 spiro atoms. The monoisotopic (exact) mass is 523 g/mol. The lowest BCUT2D eigenvalue weighted by Crippen LogP contribution is -2.74. The molecule has 1 aromatic carbocycles. The molecule has 200 valence electrons. The van der Waals surface area contributed by atoms with Gasteiger partial charge in [-0.3, -0.25) is 39.6 Å². The smallest absolute Gasteiger partial charge is 0.331 e. The summed E-state index contributed by atoms with van der Waals surface area (Å²) in [5.41, 5.74) is -1.20. The van der Waals surface area contributed by atoms with Crippen molar-refractivity contribution >= 4 is 35.4 Å². The average molecular weight is 524 g/mol. The summed E-state index contributed by atoms with van der Waals surface area (Å²) in [5.74, 6) is -1.76.